The van der Waals surface area contributed by atoms with E-state index in [1.165, 1.54) is 17.7 Å². The molecule has 7 heteroatoms. The smallest absolute Gasteiger partial charge is 0.416 e. The standard InChI is InChI=1S/C27H26F3N3O.C2H6/c1-3-5-16-33-17-7-6-9-24(33)23-18-21(11-10-19(23)8-4-2)26-32-31-25(34-26)20-12-14-22(15-13-20)27(28,29)30;1-2/h3,5-7,9-15,18H,4,8,16-17H2,1-2H3;1-2H3. The van der Waals surface area contributed by atoms with Crippen molar-refractivity contribution in [1.82, 2.24) is 15.1 Å². The summed E-state index contributed by atoms with van der Waals surface area (Å²) < 4.78 is 44.4. The van der Waals surface area contributed by atoms with Crippen molar-refractivity contribution >= 4 is 5.70 Å². The van der Waals surface area contributed by atoms with Gasteiger partial charge >= 0.3 is 6.18 Å². The molecule has 1 aliphatic heterocycles. The van der Waals surface area contributed by atoms with Crippen LogP contribution in [0.3, 0.4) is 0 Å². The van der Waals surface area contributed by atoms with Crippen molar-refractivity contribution in [2.75, 3.05) is 13.1 Å². The fourth-order valence-electron chi connectivity index (χ4n) is 3.91. The first-order valence-electron chi connectivity index (χ1n) is 12.3. The van der Waals surface area contributed by atoms with E-state index < -0.39 is 11.7 Å². The van der Waals surface area contributed by atoms with Crippen molar-refractivity contribution in [3.05, 3.63) is 89.5 Å². The molecule has 0 saturated heterocycles. The van der Waals surface area contributed by atoms with Crippen LogP contribution in [-0.2, 0) is 12.6 Å². The molecule has 2 aromatic carbocycles. The number of hydrogen-bond acceptors (Lipinski definition) is 4. The molecule has 0 bridgehead atoms. The van der Waals surface area contributed by atoms with E-state index in [1.54, 1.807) is 0 Å². The Kier molecular flexibility index (Phi) is 9.28. The molecule has 190 valence electrons. The lowest BCUT2D eigenvalue weighted by molar-refractivity contribution is -0.137. The van der Waals surface area contributed by atoms with Gasteiger partial charge in [-0.05, 0) is 61.4 Å². The SMILES string of the molecule is CC.CC=CCN1CC=CC=C1c1cc(-c2nnc(-c3ccc(C(F)(F)F)cc3)o2)ccc1CCC. The average molecular weight is 496 g/mol. The predicted molar refractivity (Wildman–Crippen MR) is 139 cm³/mol. The Labute approximate surface area is 210 Å². The summed E-state index contributed by atoms with van der Waals surface area (Å²) in [6.45, 7) is 9.79. The van der Waals surface area contributed by atoms with Crippen molar-refractivity contribution in [3.8, 4) is 22.9 Å². The largest absolute Gasteiger partial charge is 0.416 e. The molecule has 0 aliphatic carbocycles. The van der Waals surface area contributed by atoms with Crippen LogP contribution in [0.5, 0.6) is 0 Å². The van der Waals surface area contributed by atoms with Crippen molar-refractivity contribution < 1.29 is 17.6 Å². The van der Waals surface area contributed by atoms with Gasteiger partial charge < -0.3 is 9.32 Å². The molecule has 2 heterocycles. The monoisotopic (exact) mass is 495 g/mol. The highest BCUT2D eigenvalue weighted by atomic mass is 19.4. The quantitative estimate of drug-likeness (QED) is 0.310. The van der Waals surface area contributed by atoms with Crippen molar-refractivity contribution in [2.24, 2.45) is 0 Å². The first-order valence-corrected chi connectivity index (χ1v) is 12.3. The predicted octanol–water partition coefficient (Wildman–Crippen LogP) is 8.19. The molecule has 3 aromatic rings. The van der Waals surface area contributed by atoms with Gasteiger partial charge in [-0.15, -0.1) is 10.2 Å². The number of nitrogens with zero attached hydrogens (tertiary/aromatic N) is 3. The van der Waals surface area contributed by atoms with E-state index in [2.05, 4.69) is 58.5 Å². The van der Waals surface area contributed by atoms with Crippen LogP contribution in [-0.4, -0.2) is 28.2 Å². The molecule has 4 nitrogen and oxygen atoms in total. The molecule has 0 N–H and O–H groups in total. The number of aromatic nitrogens is 2. The number of rotatable bonds is 7. The molecule has 36 heavy (non-hydrogen) atoms. The lowest BCUT2D eigenvalue weighted by Crippen LogP contribution is -2.24. The van der Waals surface area contributed by atoms with Crippen LogP contribution in [0.25, 0.3) is 28.6 Å². The molecule has 0 spiro atoms. The van der Waals surface area contributed by atoms with Gasteiger partial charge in [0.1, 0.15) is 0 Å². The summed E-state index contributed by atoms with van der Waals surface area (Å²) in [4.78, 5) is 2.31. The van der Waals surface area contributed by atoms with Crippen LogP contribution in [0.15, 0.2) is 77.3 Å². The van der Waals surface area contributed by atoms with E-state index in [4.69, 9.17) is 4.42 Å². The Hall–Kier alpha value is -3.61. The van der Waals surface area contributed by atoms with E-state index in [9.17, 15) is 13.2 Å². The van der Waals surface area contributed by atoms with Crippen molar-refractivity contribution in [1.29, 1.82) is 0 Å². The molecule has 0 unspecified atom stereocenters. The molecule has 0 radical (unpaired) electrons. The molecule has 4 rings (SSSR count). The summed E-state index contributed by atoms with van der Waals surface area (Å²) >= 11 is 0. The van der Waals surface area contributed by atoms with E-state index >= 15 is 0 Å². The van der Waals surface area contributed by atoms with Gasteiger partial charge in [0, 0.05) is 35.5 Å². The highest BCUT2D eigenvalue weighted by Crippen LogP contribution is 2.33. The maximum atomic E-state index is 12.9. The Balaban J connectivity index is 0.00000176. The highest BCUT2D eigenvalue weighted by molar-refractivity contribution is 5.74. The normalized spacial score (nSPS) is 13.5. The maximum absolute atomic E-state index is 12.9. The second-order valence-corrected chi connectivity index (χ2v) is 8.06. The van der Waals surface area contributed by atoms with Crippen molar-refractivity contribution in [3.63, 3.8) is 0 Å². The zero-order valence-corrected chi connectivity index (χ0v) is 21.1. The van der Waals surface area contributed by atoms with Crippen LogP contribution in [0.4, 0.5) is 13.2 Å². The van der Waals surface area contributed by atoms with Gasteiger partial charge in [0.15, 0.2) is 0 Å². The number of hydrogen-bond donors (Lipinski definition) is 0. The van der Waals surface area contributed by atoms with Gasteiger partial charge in [0.2, 0.25) is 11.8 Å². The molecule has 0 fully saturated rings. The molecule has 0 saturated carbocycles. The van der Waals surface area contributed by atoms with Crippen LogP contribution in [0.1, 0.15) is 50.8 Å². The van der Waals surface area contributed by atoms with Gasteiger partial charge in [-0.3, -0.25) is 0 Å². The molecule has 0 amide bonds. The Morgan fingerprint density at radius 2 is 1.67 bits per heavy atom. The first-order chi connectivity index (χ1) is 17.4. The number of allylic oxidation sites excluding steroid dienone is 3. The van der Waals surface area contributed by atoms with Gasteiger partial charge in [-0.2, -0.15) is 13.2 Å². The third-order valence-corrected chi connectivity index (χ3v) is 5.65. The summed E-state index contributed by atoms with van der Waals surface area (Å²) in [5.74, 6) is 0.503. The van der Waals surface area contributed by atoms with Crippen LogP contribution in [0, 0.1) is 0 Å². The van der Waals surface area contributed by atoms with Gasteiger partial charge in [0.25, 0.3) is 0 Å². The number of benzene rings is 2. The second kappa shape index (κ2) is 12.4. The molecular weight excluding hydrogens is 463 g/mol. The molecular formula is C29H32F3N3O. The first kappa shape index (κ1) is 27.0. The van der Waals surface area contributed by atoms with Crippen LogP contribution >= 0.6 is 0 Å². The number of halogens is 3. The van der Waals surface area contributed by atoms with E-state index in [0.717, 1.165) is 54.9 Å². The fraction of sp³-hybridized carbons (Fsp3) is 0.310. The molecule has 1 aliphatic rings. The Morgan fingerprint density at radius 3 is 2.31 bits per heavy atom. The van der Waals surface area contributed by atoms with E-state index in [0.29, 0.717) is 11.5 Å². The summed E-state index contributed by atoms with van der Waals surface area (Å²) in [7, 11) is 0. The highest BCUT2D eigenvalue weighted by Gasteiger charge is 2.30. The lowest BCUT2D eigenvalue weighted by atomic mass is 9.96. The maximum Gasteiger partial charge on any atom is 0.416 e. The summed E-state index contributed by atoms with van der Waals surface area (Å²) in [6.07, 6.45) is 8.05. The third-order valence-electron chi connectivity index (χ3n) is 5.65. The minimum Gasteiger partial charge on any atom is -0.416 e. The van der Waals surface area contributed by atoms with Gasteiger partial charge in [-0.1, -0.05) is 57.6 Å². The zero-order valence-electron chi connectivity index (χ0n) is 21.1. The molecule has 0 atom stereocenters. The Bertz CT molecular complexity index is 1220. The fourth-order valence-corrected chi connectivity index (χ4v) is 3.91. The van der Waals surface area contributed by atoms with E-state index in [1.807, 2.05) is 32.9 Å². The van der Waals surface area contributed by atoms with Crippen molar-refractivity contribution in [2.45, 2.75) is 46.7 Å². The summed E-state index contributed by atoms with van der Waals surface area (Å²) in [6, 6.07) is 10.8. The minimum absolute atomic E-state index is 0.178. The minimum atomic E-state index is -4.39. The lowest BCUT2D eigenvalue weighted by Gasteiger charge is -2.29. The van der Waals surface area contributed by atoms with Gasteiger partial charge in [-0.25, -0.2) is 0 Å². The summed E-state index contributed by atoms with van der Waals surface area (Å²) in [5, 5.41) is 8.24. The zero-order chi connectivity index (χ0) is 26.1. The van der Waals surface area contributed by atoms with Gasteiger partial charge in [0.05, 0.1) is 5.56 Å². The molecule has 1 aromatic heterocycles. The third kappa shape index (κ3) is 6.33. The second-order valence-electron chi connectivity index (χ2n) is 8.06. The van der Waals surface area contributed by atoms with Crippen LogP contribution in [0.2, 0.25) is 0 Å². The van der Waals surface area contributed by atoms with E-state index in [-0.39, 0.29) is 5.89 Å². The summed E-state index contributed by atoms with van der Waals surface area (Å²) in [5.41, 5.74) is 3.97. The number of alkyl halides is 3. The average Bonchev–Trinajstić information content (AvgIpc) is 3.39. The topological polar surface area (TPSA) is 42.2 Å². The Morgan fingerprint density at radius 1 is 1.00 bits per heavy atom. The number of aryl methyl sites for hydroxylation is 1. The van der Waals surface area contributed by atoms with Crippen LogP contribution < -0.4 is 0 Å².